The Morgan fingerprint density at radius 1 is 1.44 bits per heavy atom. The van der Waals surface area contributed by atoms with Gasteiger partial charge in [-0.15, -0.1) is 0 Å². The van der Waals surface area contributed by atoms with Crippen molar-refractivity contribution in [1.82, 2.24) is 10.6 Å². The molecular weight excluding hydrogens is 228 g/mol. The molecule has 0 unspecified atom stereocenters. The summed E-state index contributed by atoms with van der Waals surface area (Å²) in [5, 5.41) is 6.35. The predicted octanol–water partition coefficient (Wildman–Crippen LogP) is 2.18. The van der Waals surface area contributed by atoms with E-state index in [0.29, 0.717) is 18.3 Å². The highest BCUT2D eigenvalue weighted by Crippen LogP contribution is 2.23. The summed E-state index contributed by atoms with van der Waals surface area (Å²) in [7, 11) is 0. The molecular formula is C14H22N2O2. The lowest BCUT2D eigenvalue weighted by molar-refractivity contribution is 0.0925. The van der Waals surface area contributed by atoms with Crippen molar-refractivity contribution in [2.45, 2.75) is 38.6 Å². The van der Waals surface area contributed by atoms with Crippen molar-refractivity contribution in [3.63, 3.8) is 0 Å². The molecule has 1 aromatic rings. The fourth-order valence-electron chi connectivity index (χ4n) is 2.57. The van der Waals surface area contributed by atoms with Crippen molar-refractivity contribution >= 4 is 5.91 Å². The van der Waals surface area contributed by atoms with Gasteiger partial charge >= 0.3 is 0 Å². The monoisotopic (exact) mass is 250 g/mol. The van der Waals surface area contributed by atoms with Crippen LogP contribution in [-0.2, 0) is 0 Å². The standard InChI is InChI=1S/C14H22N2O2/c1-11-4-2-5-12(10-11)15-7-8-16-14(17)13-6-3-9-18-13/h3,6,9,11-12,15H,2,4-5,7-8,10H2,1H3,(H,16,17)/t11-,12+/m0/s1. The van der Waals surface area contributed by atoms with E-state index in [4.69, 9.17) is 4.42 Å². The van der Waals surface area contributed by atoms with Gasteiger partial charge in [0.2, 0.25) is 0 Å². The van der Waals surface area contributed by atoms with Crippen LogP contribution in [0.5, 0.6) is 0 Å². The third-order valence-electron chi connectivity index (χ3n) is 3.52. The maximum absolute atomic E-state index is 11.6. The van der Waals surface area contributed by atoms with Crippen molar-refractivity contribution in [1.29, 1.82) is 0 Å². The normalized spacial score (nSPS) is 23.8. The van der Waals surface area contributed by atoms with Crippen LogP contribution in [0.3, 0.4) is 0 Å². The summed E-state index contributed by atoms with van der Waals surface area (Å²) in [6, 6.07) is 4.01. The van der Waals surface area contributed by atoms with Gasteiger partial charge in [0, 0.05) is 19.1 Å². The summed E-state index contributed by atoms with van der Waals surface area (Å²) < 4.78 is 5.02. The second kappa shape index (κ2) is 6.59. The molecule has 0 radical (unpaired) electrons. The Balaban J connectivity index is 1.60. The molecule has 1 fully saturated rings. The molecule has 1 aromatic heterocycles. The zero-order chi connectivity index (χ0) is 12.8. The summed E-state index contributed by atoms with van der Waals surface area (Å²) in [4.78, 5) is 11.6. The molecule has 4 nitrogen and oxygen atoms in total. The van der Waals surface area contributed by atoms with E-state index in [-0.39, 0.29) is 5.91 Å². The molecule has 0 spiro atoms. The smallest absolute Gasteiger partial charge is 0.287 e. The first-order valence-electron chi connectivity index (χ1n) is 6.81. The van der Waals surface area contributed by atoms with Crippen LogP contribution < -0.4 is 10.6 Å². The molecule has 18 heavy (non-hydrogen) atoms. The van der Waals surface area contributed by atoms with Crippen LogP contribution in [0.4, 0.5) is 0 Å². The minimum Gasteiger partial charge on any atom is -0.459 e. The van der Waals surface area contributed by atoms with Gasteiger partial charge in [-0.05, 0) is 30.9 Å². The van der Waals surface area contributed by atoms with Crippen molar-refractivity contribution in [2.75, 3.05) is 13.1 Å². The summed E-state index contributed by atoms with van der Waals surface area (Å²) in [5.74, 6) is 1.06. The first-order valence-corrected chi connectivity index (χ1v) is 6.81. The van der Waals surface area contributed by atoms with Gasteiger partial charge in [0.15, 0.2) is 5.76 Å². The zero-order valence-corrected chi connectivity index (χ0v) is 10.9. The fraction of sp³-hybridized carbons (Fsp3) is 0.643. The molecule has 2 N–H and O–H groups in total. The average molecular weight is 250 g/mol. The first-order chi connectivity index (χ1) is 8.75. The second-order valence-electron chi connectivity index (χ2n) is 5.16. The molecule has 1 heterocycles. The Kier molecular flexibility index (Phi) is 4.81. The van der Waals surface area contributed by atoms with Crippen molar-refractivity contribution in [2.24, 2.45) is 5.92 Å². The summed E-state index contributed by atoms with van der Waals surface area (Å²) in [6.45, 7) is 3.78. The topological polar surface area (TPSA) is 54.3 Å². The first kappa shape index (κ1) is 13.1. The van der Waals surface area contributed by atoms with Gasteiger partial charge in [-0.25, -0.2) is 0 Å². The van der Waals surface area contributed by atoms with E-state index in [0.717, 1.165) is 12.5 Å². The molecule has 0 saturated heterocycles. The van der Waals surface area contributed by atoms with Crippen LogP contribution in [0, 0.1) is 5.92 Å². The van der Waals surface area contributed by atoms with Gasteiger partial charge in [-0.3, -0.25) is 4.79 Å². The van der Waals surface area contributed by atoms with E-state index in [1.165, 1.54) is 31.9 Å². The second-order valence-corrected chi connectivity index (χ2v) is 5.16. The fourth-order valence-corrected chi connectivity index (χ4v) is 2.57. The maximum atomic E-state index is 11.6. The lowest BCUT2D eigenvalue weighted by Crippen LogP contribution is -2.39. The van der Waals surface area contributed by atoms with Crippen LogP contribution in [0.1, 0.15) is 43.2 Å². The number of carbonyl (C=O) groups is 1. The summed E-state index contributed by atoms with van der Waals surface area (Å²) in [6.07, 6.45) is 6.70. The van der Waals surface area contributed by atoms with E-state index < -0.39 is 0 Å². The largest absolute Gasteiger partial charge is 0.459 e. The highest BCUT2D eigenvalue weighted by Gasteiger charge is 2.17. The average Bonchev–Trinajstić information content (AvgIpc) is 2.88. The number of hydrogen-bond donors (Lipinski definition) is 2. The predicted molar refractivity (Wildman–Crippen MR) is 70.5 cm³/mol. The highest BCUT2D eigenvalue weighted by molar-refractivity contribution is 5.91. The molecule has 2 atom stereocenters. The molecule has 2 rings (SSSR count). The third-order valence-corrected chi connectivity index (χ3v) is 3.52. The van der Waals surface area contributed by atoms with E-state index in [9.17, 15) is 4.79 Å². The number of furan rings is 1. The third kappa shape index (κ3) is 3.88. The van der Waals surface area contributed by atoms with Gasteiger partial charge in [-0.2, -0.15) is 0 Å². The maximum Gasteiger partial charge on any atom is 0.287 e. The Labute approximate surface area is 108 Å². The lowest BCUT2D eigenvalue weighted by atomic mass is 9.87. The van der Waals surface area contributed by atoms with Gasteiger partial charge in [0.25, 0.3) is 5.91 Å². The molecule has 1 amide bonds. The van der Waals surface area contributed by atoms with Gasteiger partial charge in [-0.1, -0.05) is 19.8 Å². The van der Waals surface area contributed by atoms with Crippen molar-refractivity contribution in [3.8, 4) is 0 Å². The minimum atomic E-state index is -0.140. The van der Waals surface area contributed by atoms with Crippen LogP contribution in [-0.4, -0.2) is 25.0 Å². The van der Waals surface area contributed by atoms with Gasteiger partial charge < -0.3 is 15.1 Å². The zero-order valence-electron chi connectivity index (χ0n) is 10.9. The van der Waals surface area contributed by atoms with Gasteiger partial charge in [0.1, 0.15) is 0 Å². The molecule has 0 bridgehead atoms. The van der Waals surface area contributed by atoms with Crippen LogP contribution >= 0.6 is 0 Å². The Morgan fingerprint density at radius 3 is 3.06 bits per heavy atom. The van der Waals surface area contributed by atoms with Crippen LogP contribution in [0.2, 0.25) is 0 Å². The Bertz CT molecular complexity index is 362. The molecule has 1 aliphatic carbocycles. The van der Waals surface area contributed by atoms with Crippen LogP contribution in [0.25, 0.3) is 0 Å². The number of rotatable bonds is 5. The van der Waals surface area contributed by atoms with E-state index in [1.807, 2.05) is 0 Å². The SMILES string of the molecule is C[C@H]1CCC[C@@H](NCCNC(=O)c2ccco2)C1. The summed E-state index contributed by atoms with van der Waals surface area (Å²) in [5.41, 5.74) is 0. The lowest BCUT2D eigenvalue weighted by Gasteiger charge is -2.27. The van der Waals surface area contributed by atoms with Crippen LogP contribution in [0.15, 0.2) is 22.8 Å². The van der Waals surface area contributed by atoms with Gasteiger partial charge in [0.05, 0.1) is 6.26 Å². The molecule has 1 aliphatic rings. The van der Waals surface area contributed by atoms with E-state index in [1.54, 1.807) is 12.1 Å². The Morgan fingerprint density at radius 2 is 2.33 bits per heavy atom. The quantitative estimate of drug-likeness (QED) is 0.788. The number of hydrogen-bond acceptors (Lipinski definition) is 3. The molecule has 100 valence electrons. The molecule has 1 saturated carbocycles. The summed E-state index contributed by atoms with van der Waals surface area (Å²) >= 11 is 0. The van der Waals surface area contributed by atoms with Crippen molar-refractivity contribution < 1.29 is 9.21 Å². The number of amides is 1. The molecule has 0 aliphatic heterocycles. The highest BCUT2D eigenvalue weighted by atomic mass is 16.3. The van der Waals surface area contributed by atoms with E-state index >= 15 is 0 Å². The molecule has 4 heteroatoms. The van der Waals surface area contributed by atoms with E-state index in [2.05, 4.69) is 17.6 Å². The number of carbonyl (C=O) groups excluding carboxylic acids is 1. The number of nitrogens with one attached hydrogen (secondary N) is 2. The Hall–Kier alpha value is -1.29. The molecule has 0 aromatic carbocycles. The minimum absolute atomic E-state index is 0.140. The van der Waals surface area contributed by atoms with Crippen molar-refractivity contribution in [3.05, 3.63) is 24.2 Å².